The molecule has 2 aromatic carbocycles. The predicted octanol–water partition coefficient (Wildman–Crippen LogP) is 4.72. The van der Waals surface area contributed by atoms with E-state index in [4.69, 9.17) is 9.47 Å². The summed E-state index contributed by atoms with van der Waals surface area (Å²) in [6.07, 6.45) is 5.04. The second kappa shape index (κ2) is 7.06. The first-order chi connectivity index (χ1) is 13.0. The Bertz CT molecular complexity index is 846. The molecule has 7 heteroatoms. The summed E-state index contributed by atoms with van der Waals surface area (Å²) in [5, 5.41) is 5.26. The van der Waals surface area contributed by atoms with Gasteiger partial charge in [-0.3, -0.25) is 0 Å². The highest BCUT2D eigenvalue weighted by atomic mass is 19.1. The van der Waals surface area contributed by atoms with Crippen LogP contribution in [0.4, 0.5) is 19.3 Å². The van der Waals surface area contributed by atoms with Gasteiger partial charge in [0.15, 0.2) is 11.5 Å². The van der Waals surface area contributed by atoms with E-state index in [1.165, 1.54) is 18.6 Å². The topological polar surface area (TPSA) is 59.6 Å². The SMILES string of the molecule is O=C(NCc1cc(F)cc(F)c1)Nc1ccc2c(c1)OC1(CCCCC1)O2. The molecule has 1 saturated carbocycles. The molecule has 1 fully saturated rings. The third-order valence-corrected chi connectivity index (χ3v) is 4.78. The van der Waals surface area contributed by atoms with Crippen molar-refractivity contribution in [3.63, 3.8) is 0 Å². The van der Waals surface area contributed by atoms with Gasteiger partial charge < -0.3 is 20.1 Å². The first-order valence-corrected chi connectivity index (χ1v) is 9.03. The number of fused-ring (bicyclic) bond motifs is 1. The van der Waals surface area contributed by atoms with Crippen molar-refractivity contribution in [2.45, 2.75) is 44.4 Å². The summed E-state index contributed by atoms with van der Waals surface area (Å²) >= 11 is 0. The van der Waals surface area contributed by atoms with Crippen molar-refractivity contribution in [2.24, 2.45) is 0 Å². The lowest BCUT2D eigenvalue weighted by molar-refractivity contribution is -0.105. The van der Waals surface area contributed by atoms with E-state index in [1.54, 1.807) is 18.2 Å². The maximum absolute atomic E-state index is 13.2. The molecule has 0 unspecified atom stereocenters. The molecule has 0 saturated heterocycles. The summed E-state index contributed by atoms with van der Waals surface area (Å²) < 4.78 is 38.4. The minimum absolute atomic E-state index is 0.00811. The van der Waals surface area contributed by atoms with Crippen LogP contribution >= 0.6 is 0 Å². The molecular weight excluding hydrogens is 354 g/mol. The van der Waals surface area contributed by atoms with Crippen LogP contribution in [0.1, 0.15) is 37.7 Å². The fourth-order valence-corrected chi connectivity index (χ4v) is 3.54. The van der Waals surface area contributed by atoms with Gasteiger partial charge in [-0.1, -0.05) is 6.42 Å². The van der Waals surface area contributed by atoms with Crippen LogP contribution in [0, 0.1) is 11.6 Å². The van der Waals surface area contributed by atoms with Gasteiger partial charge in [0.1, 0.15) is 11.6 Å². The zero-order chi connectivity index (χ0) is 18.9. The Morgan fingerprint density at radius 1 is 0.963 bits per heavy atom. The lowest BCUT2D eigenvalue weighted by Crippen LogP contribution is -2.40. The number of carbonyl (C=O) groups is 1. The summed E-state index contributed by atoms with van der Waals surface area (Å²) in [6.45, 7) is 0.00811. The number of hydrogen-bond acceptors (Lipinski definition) is 3. The minimum atomic E-state index is -0.681. The minimum Gasteiger partial charge on any atom is -0.448 e. The highest BCUT2D eigenvalue weighted by Gasteiger charge is 2.42. The monoisotopic (exact) mass is 374 g/mol. The highest BCUT2D eigenvalue weighted by Crippen LogP contribution is 2.46. The molecule has 1 aliphatic carbocycles. The van der Waals surface area contributed by atoms with Crippen molar-refractivity contribution in [3.05, 3.63) is 53.6 Å². The number of ether oxygens (including phenoxy) is 2. The van der Waals surface area contributed by atoms with Gasteiger partial charge in [-0.15, -0.1) is 0 Å². The van der Waals surface area contributed by atoms with Gasteiger partial charge in [-0.25, -0.2) is 13.6 Å². The van der Waals surface area contributed by atoms with Crippen molar-refractivity contribution in [3.8, 4) is 11.5 Å². The molecule has 2 aromatic rings. The Kier molecular flexibility index (Phi) is 4.59. The van der Waals surface area contributed by atoms with E-state index in [0.717, 1.165) is 31.7 Å². The largest absolute Gasteiger partial charge is 0.448 e. The third-order valence-electron chi connectivity index (χ3n) is 4.78. The Balaban J connectivity index is 1.36. The summed E-state index contributed by atoms with van der Waals surface area (Å²) in [7, 11) is 0. The van der Waals surface area contributed by atoms with Crippen LogP contribution in [0.15, 0.2) is 36.4 Å². The maximum atomic E-state index is 13.2. The van der Waals surface area contributed by atoms with Gasteiger partial charge in [0, 0.05) is 37.2 Å². The quantitative estimate of drug-likeness (QED) is 0.817. The molecule has 142 valence electrons. The molecule has 0 aromatic heterocycles. The van der Waals surface area contributed by atoms with Crippen molar-refractivity contribution < 1.29 is 23.0 Å². The molecule has 0 atom stereocenters. The fraction of sp³-hybridized carbons (Fsp3) is 0.350. The second-order valence-electron chi connectivity index (χ2n) is 6.92. The van der Waals surface area contributed by atoms with E-state index in [2.05, 4.69) is 10.6 Å². The van der Waals surface area contributed by atoms with Gasteiger partial charge in [-0.2, -0.15) is 0 Å². The van der Waals surface area contributed by atoms with E-state index < -0.39 is 23.5 Å². The summed E-state index contributed by atoms with van der Waals surface area (Å²) in [5.41, 5.74) is 0.890. The van der Waals surface area contributed by atoms with Gasteiger partial charge in [-0.05, 0) is 42.7 Å². The Hall–Kier alpha value is -2.83. The fourth-order valence-electron chi connectivity index (χ4n) is 3.54. The lowest BCUT2D eigenvalue weighted by Gasteiger charge is -2.31. The third kappa shape index (κ3) is 3.97. The average molecular weight is 374 g/mol. The molecule has 27 heavy (non-hydrogen) atoms. The van der Waals surface area contributed by atoms with Crippen LogP contribution in [0.3, 0.4) is 0 Å². The van der Waals surface area contributed by atoms with Crippen molar-refractivity contribution in [1.29, 1.82) is 0 Å². The van der Waals surface area contributed by atoms with Crippen molar-refractivity contribution in [2.75, 3.05) is 5.32 Å². The Morgan fingerprint density at radius 2 is 1.67 bits per heavy atom. The lowest BCUT2D eigenvalue weighted by atomic mass is 9.94. The first-order valence-electron chi connectivity index (χ1n) is 9.03. The van der Waals surface area contributed by atoms with E-state index >= 15 is 0 Å². The number of nitrogens with one attached hydrogen (secondary N) is 2. The van der Waals surface area contributed by atoms with E-state index in [0.29, 0.717) is 22.7 Å². The Morgan fingerprint density at radius 3 is 2.41 bits per heavy atom. The van der Waals surface area contributed by atoms with Gasteiger partial charge >= 0.3 is 6.03 Å². The highest BCUT2D eigenvalue weighted by molar-refractivity contribution is 5.89. The van der Waals surface area contributed by atoms with Gasteiger partial charge in [0.05, 0.1) is 0 Å². The summed E-state index contributed by atoms with van der Waals surface area (Å²) in [5.74, 6) is -0.637. The van der Waals surface area contributed by atoms with E-state index in [-0.39, 0.29) is 6.54 Å². The van der Waals surface area contributed by atoms with Crippen LogP contribution in [-0.2, 0) is 6.54 Å². The standard InChI is InChI=1S/C20H20F2N2O3/c21-14-8-13(9-15(22)10-14)12-23-19(25)24-16-4-5-17-18(11-16)27-20(26-17)6-2-1-3-7-20/h4-5,8-11H,1-3,6-7,12H2,(H2,23,24,25). The van der Waals surface area contributed by atoms with E-state index in [1.807, 2.05) is 0 Å². The number of hydrogen-bond donors (Lipinski definition) is 2. The summed E-state index contributed by atoms with van der Waals surface area (Å²) in [6, 6.07) is 7.88. The molecule has 2 N–H and O–H groups in total. The number of urea groups is 1. The van der Waals surface area contributed by atoms with Crippen LogP contribution in [-0.4, -0.2) is 11.8 Å². The second-order valence-corrected chi connectivity index (χ2v) is 6.92. The van der Waals surface area contributed by atoms with Crippen LogP contribution in [0.25, 0.3) is 0 Å². The first kappa shape index (κ1) is 17.6. The molecule has 2 aliphatic rings. The number of anilines is 1. The van der Waals surface area contributed by atoms with E-state index in [9.17, 15) is 13.6 Å². The zero-order valence-corrected chi connectivity index (χ0v) is 14.7. The van der Waals surface area contributed by atoms with Crippen molar-refractivity contribution >= 4 is 11.7 Å². The smallest absolute Gasteiger partial charge is 0.319 e. The maximum Gasteiger partial charge on any atom is 0.319 e. The number of benzene rings is 2. The molecule has 4 rings (SSSR count). The van der Waals surface area contributed by atoms with Gasteiger partial charge in [0.2, 0.25) is 0 Å². The zero-order valence-electron chi connectivity index (χ0n) is 14.7. The van der Waals surface area contributed by atoms with Crippen LogP contribution in [0.2, 0.25) is 0 Å². The molecule has 1 spiro atoms. The normalized spacial score (nSPS) is 17.0. The predicted molar refractivity (Wildman–Crippen MR) is 95.7 cm³/mol. The average Bonchev–Trinajstić information content (AvgIpc) is 2.96. The number of halogens is 2. The molecule has 5 nitrogen and oxygen atoms in total. The van der Waals surface area contributed by atoms with Gasteiger partial charge in [0.25, 0.3) is 5.79 Å². The molecule has 1 aliphatic heterocycles. The van der Waals surface area contributed by atoms with Crippen molar-refractivity contribution in [1.82, 2.24) is 5.32 Å². The van der Waals surface area contributed by atoms with Crippen LogP contribution < -0.4 is 20.1 Å². The van der Waals surface area contributed by atoms with Crippen LogP contribution in [0.5, 0.6) is 11.5 Å². The number of rotatable bonds is 3. The molecular formula is C20H20F2N2O3. The molecule has 1 heterocycles. The number of carbonyl (C=O) groups excluding carboxylic acids is 1. The molecule has 0 bridgehead atoms. The molecule has 0 radical (unpaired) electrons. The summed E-state index contributed by atoms with van der Waals surface area (Å²) in [4.78, 5) is 12.1. The Labute approximate surface area is 155 Å². The number of amides is 2. The molecule has 2 amide bonds.